The fourth-order valence-electron chi connectivity index (χ4n) is 2.87. The number of nitrogens with zero attached hydrogens (tertiary/aromatic N) is 1. The molecule has 0 spiro atoms. The molecule has 1 amide bonds. The number of carbonyl (C=O) groups excluding carboxylic acids is 1. The Balaban J connectivity index is 1.99. The summed E-state index contributed by atoms with van der Waals surface area (Å²) in [4.78, 5) is 14.3. The fourth-order valence-corrected chi connectivity index (χ4v) is 2.87. The van der Waals surface area contributed by atoms with Crippen molar-refractivity contribution in [3.05, 3.63) is 0 Å². The van der Waals surface area contributed by atoms with Crippen molar-refractivity contribution in [3.63, 3.8) is 0 Å². The average Bonchev–Trinajstić information content (AvgIpc) is 2.73. The van der Waals surface area contributed by atoms with Crippen LogP contribution in [-0.4, -0.2) is 46.7 Å². The van der Waals surface area contributed by atoms with Crippen LogP contribution in [0, 0.1) is 5.92 Å². The van der Waals surface area contributed by atoms with Gasteiger partial charge in [-0.3, -0.25) is 4.79 Å². The summed E-state index contributed by atoms with van der Waals surface area (Å²) < 4.78 is 0. The average molecular weight is 240 g/mol. The van der Waals surface area contributed by atoms with Crippen LogP contribution in [0.2, 0.25) is 0 Å². The molecule has 2 saturated heterocycles. The molecule has 2 aliphatic rings. The van der Waals surface area contributed by atoms with Crippen LogP contribution in [0.15, 0.2) is 0 Å². The van der Waals surface area contributed by atoms with E-state index in [1.54, 1.807) is 0 Å². The number of aliphatic hydroxyl groups is 1. The third-order valence-electron chi connectivity index (χ3n) is 4.55. The Bertz CT molecular complexity index is 303. The Morgan fingerprint density at radius 3 is 2.53 bits per heavy atom. The number of hydrogen-bond acceptors (Lipinski definition) is 3. The lowest BCUT2D eigenvalue weighted by molar-refractivity contribution is -0.169. The van der Waals surface area contributed by atoms with Crippen LogP contribution in [0.25, 0.3) is 0 Å². The van der Waals surface area contributed by atoms with Gasteiger partial charge in [-0.05, 0) is 31.7 Å². The Kier molecular flexibility index (Phi) is 3.21. The highest BCUT2D eigenvalue weighted by molar-refractivity contribution is 5.87. The summed E-state index contributed by atoms with van der Waals surface area (Å²) in [7, 11) is 0. The van der Waals surface area contributed by atoms with E-state index in [-0.39, 0.29) is 17.4 Å². The zero-order valence-corrected chi connectivity index (χ0v) is 11.1. The van der Waals surface area contributed by atoms with Gasteiger partial charge in [-0.25, -0.2) is 0 Å². The van der Waals surface area contributed by atoms with Gasteiger partial charge in [0.05, 0.1) is 18.6 Å². The lowest BCUT2D eigenvalue weighted by Gasteiger charge is -2.51. The van der Waals surface area contributed by atoms with Gasteiger partial charge in [0.1, 0.15) is 5.60 Å². The second-order valence-electron chi connectivity index (χ2n) is 5.89. The van der Waals surface area contributed by atoms with Crippen molar-refractivity contribution < 1.29 is 9.90 Å². The number of β-amino-alcohol motifs (C(OH)–C–C–N with tert-alkyl or cyclic N) is 1. The quantitative estimate of drug-likeness (QED) is 0.765. The number of likely N-dealkylation sites (tertiary alicyclic amines) is 1. The van der Waals surface area contributed by atoms with E-state index in [1.165, 1.54) is 0 Å². The molecular formula is C13H24N2O2. The maximum Gasteiger partial charge on any atom is 0.243 e. The number of nitrogens with one attached hydrogen (secondary N) is 1. The first-order valence-electron chi connectivity index (χ1n) is 6.70. The number of hydrogen-bond donors (Lipinski definition) is 2. The first-order chi connectivity index (χ1) is 7.93. The highest BCUT2D eigenvalue weighted by Crippen LogP contribution is 2.33. The van der Waals surface area contributed by atoms with Crippen molar-refractivity contribution in [2.24, 2.45) is 5.92 Å². The summed E-state index contributed by atoms with van der Waals surface area (Å²) in [5.74, 6) is 0.392. The second kappa shape index (κ2) is 4.25. The minimum Gasteiger partial charge on any atom is -0.386 e. The zero-order valence-electron chi connectivity index (χ0n) is 11.1. The fraction of sp³-hybridized carbons (Fsp3) is 0.923. The van der Waals surface area contributed by atoms with Gasteiger partial charge in [0, 0.05) is 0 Å². The maximum absolute atomic E-state index is 12.4. The van der Waals surface area contributed by atoms with Crippen molar-refractivity contribution in [2.75, 3.05) is 19.6 Å². The first kappa shape index (κ1) is 12.8. The van der Waals surface area contributed by atoms with Crippen LogP contribution in [0.4, 0.5) is 0 Å². The SMILES string of the molecule is CCC1(C(=O)N2CC(O)(C(C)C)C2)CCCN1. The summed E-state index contributed by atoms with van der Waals surface area (Å²) in [6.45, 7) is 7.99. The Hall–Kier alpha value is -0.610. The predicted octanol–water partition coefficient (Wildman–Crippen LogP) is 0.748. The Morgan fingerprint density at radius 1 is 1.47 bits per heavy atom. The van der Waals surface area contributed by atoms with E-state index in [9.17, 15) is 9.90 Å². The molecule has 17 heavy (non-hydrogen) atoms. The largest absolute Gasteiger partial charge is 0.386 e. The van der Waals surface area contributed by atoms with Crippen molar-refractivity contribution in [3.8, 4) is 0 Å². The summed E-state index contributed by atoms with van der Waals surface area (Å²) in [5.41, 5.74) is -1.01. The molecule has 1 unspecified atom stereocenters. The standard InChI is InChI=1S/C13H24N2O2/c1-4-12(6-5-7-14-12)11(16)15-8-13(17,9-15)10(2)3/h10,14,17H,4-9H2,1-3H3. The van der Waals surface area contributed by atoms with Crippen molar-refractivity contribution >= 4 is 5.91 Å². The molecule has 0 aromatic heterocycles. The van der Waals surface area contributed by atoms with E-state index in [0.29, 0.717) is 13.1 Å². The molecule has 0 bridgehead atoms. The molecule has 4 heteroatoms. The molecule has 0 saturated carbocycles. The van der Waals surface area contributed by atoms with Gasteiger partial charge in [-0.2, -0.15) is 0 Å². The highest BCUT2D eigenvalue weighted by Gasteiger charge is 2.51. The summed E-state index contributed by atoms with van der Waals surface area (Å²) in [5, 5.41) is 13.5. The molecule has 0 aliphatic carbocycles. The van der Waals surface area contributed by atoms with Gasteiger partial charge in [0.15, 0.2) is 0 Å². The van der Waals surface area contributed by atoms with E-state index in [1.807, 2.05) is 18.7 Å². The molecule has 0 aromatic carbocycles. The summed E-state index contributed by atoms with van der Waals surface area (Å²) in [6, 6.07) is 0. The van der Waals surface area contributed by atoms with Crippen LogP contribution in [0.5, 0.6) is 0 Å². The van der Waals surface area contributed by atoms with E-state index in [0.717, 1.165) is 25.8 Å². The number of carbonyl (C=O) groups is 1. The van der Waals surface area contributed by atoms with Crippen LogP contribution in [-0.2, 0) is 4.79 Å². The minimum absolute atomic E-state index is 0.183. The van der Waals surface area contributed by atoms with Crippen molar-refractivity contribution in [1.29, 1.82) is 0 Å². The molecular weight excluding hydrogens is 216 g/mol. The molecule has 2 rings (SSSR count). The zero-order chi connectivity index (χ0) is 12.7. The topological polar surface area (TPSA) is 52.6 Å². The number of rotatable bonds is 3. The molecule has 4 nitrogen and oxygen atoms in total. The molecule has 0 aromatic rings. The number of amides is 1. The third-order valence-corrected chi connectivity index (χ3v) is 4.55. The molecule has 0 radical (unpaired) electrons. The van der Waals surface area contributed by atoms with Gasteiger partial charge in [0.2, 0.25) is 5.91 Å². The lowest BCUT2D eigenvalue weighted by atomic mass is 9.81. The first-order valence-corrected chi connectivity index (χ1v) is 6.70. The van der Waals surface area contributed by atoms with E-state index < -0.39 is 5.60 Å². The second-order valence-corrected chi connectivity index (χ2v) is 5.89. The Morgan fingerprint density at radius 2 is 2.12 bits per heavy atom. The van der Waals surface area contributed by atoms with Crippen LogP contribution < -0.4 is 5.32 Å². The maximum atomic E-state index is 12.4. The molecule has 2 fully saturated rings. The van der Waals surface area contributed by atoms with Gasteiger partial charge >= 0.3 is 0 Å². The predicted molar refractivity (Wildman–Crippen MR) is 66.6 cm³/mol. The molecule has 2 aliphatic heterocycles. The van der Waals surface area contributed by atoms with Crippen LogP contribution >= 0.6 is 0 Å². The van der Waals surface area contributed by atoms with E-state index >= 15 is 0 Å². The van der Waals surface area contributed by atoms with E-state index in [4.69, 9.17) is 0 Å². The smallest absolute Gasteiger partial charge is 0.243 e. The normalized spacial score (nSPS) is 31.7. The molecule has 98 valence electrons. The van der Waals surface area contributed by atoms with Gasteiger partial charge in [-0.15, -0.1) is 0 Å². The highest BCUT2D eigenvalue weighted by atomic mass is 16.3. The van der Waals surface area contributed by atoms with Crippen LogP contribution in [0.3, 0.4) is 0 Å². The van der Waals surface area contributed by atoms with Crippen molar-refractivity contribution in [2.45, 2.75) is 51.2 Å². The van der Waals surface area contributed by atoms with Gasteiger partial charge in [-0.1, -0.05) is 20.8 Å². The summed E-state index contributed by atoms with van der Waals surface area (Å²) >= 11 is 0. The molecule has 2 heterocycles. The van der Waals surface area contributed by atoms with Crippen LogP contribution in [0.1, 0.15) is 40.0 Å². The van der Waals surface area contributed by atoms with E-state index in [2.05, 4.69) is 12.2 Å². The lowest BCUT2D eigenvalue weighted by Crippen LogP contribution is -2.70. The molecule has 1 atom stereocenters. The monoisotopic (exact) mass is 240 g/mol. The van der Waals surface area contributed by atoms with Gasteiger partial charge < -0.3 is 15.3 Å². The Labute approximate surface area is 103 Å². The van der Waals surface area contributed by atoms with Gasteiger partial charge in [0.25, 0.3) is 0 Å². The summed E-state index contributed by atoms with van der Waals surface area (Å²) in [6.07, 6.45) is 2.84. The third kappa shape index (κ3) is 1.97. The molecule has 2 N–H and O–H groups in total. The van der Waals surface area contributed by atoms with Crippen molar-refractivity contribution in [1.82, 2.24) is 10.2 Å². The minimum atomic E-state index is -0.663.